The normalized spacial score (nSPS) is 33.4. The Morgan fingerprint density at radius 3 is 1.58 bits per heavy atom. The van der Waals surface area contributed by atoms with E-state index < -0.39 is 124 Å². The van der Waals surface area contributed by atoms with Crippen LogP contribution in [0.25, 0.3) is 0 Å². The molecule has 3 aliphatic heterocycles. The van der Waals surface area contributed by atoms with E-state index in [-0.39, 0.29) is 50.5 Å². The minimum atomic E-state index is -1.92. The summed E-state index contributed by atoms with van der Waals surface area (Å²) in [7, 11) is 0. The average molecular weight is 941 g/mol. The number of nitrogens with one attached hydrogen (secondary N) is 2. The van der Waals surface area contributed by atoms with Crippen molar-refractivity contribution in [1.82, 2.24) is 10.6 Å². The summed E-state index contributed by atoms with van der Waals surface area (Å²) in [6, 6.07) is -1.02. The summed E-state index contributed by atoms with van der Waals surface area (Å²) >= 11 is 0. The highest BCUT2D eigenvalue weighted by Crippen LogP contribution is 2.31. The van der Waals surface area contributed by atoms with Gasteiger partial charge in [-0.05, 0) is 12.8 Å². The van der Waals surface area contributed by atoms with E-state index in [0.717, 1.165) is 19.3 Å². The van der Waals surface area contributed by atoms with Crippen LogP contribution in [0, 0.1) is 0 Å². The lowest BCUT2D eigenvalue weighted by molar-refractivity contribution is -0.366. The molecule has 3 fully saturated rings. The second-order valence-corrected chi connectivity index (χ2v) is 17.4. The Kier molecular flexibility index (Phi) is 27.5. The Labute approximate surface area is 382 Å². The molecule has 3 rings (SSSR count). The van der Waals surface area contributed by atoms with E-state index in [0.29, 0.717) is 6.42 Å². The highest BCUT2D eigenvalue weighted by Gasteiger charge is 2.52. The first-order chi connectivity index (χ1) is 31.2. The number of hydrogen-bond donors (Lipinski definition) is 12. The predicted octanol–water partition coefficient (Wildman–Crippen LogP) is -1.32. The van der Waals surface area contributed by atoms with Crippen LogP contribution in [0.1, 0.15) is 129 Å². The van der Waals surface area contributed by atoms with Crippen molar-refractivity contribution in [2.45, 2.75) is 228 Å². The second-order valence-electron chi connectivity index (χ2n) is 17.4. The van der Waals surface area contributed by atoms with Gasteiger partial charge in [-0.15, -0.1) is 0 Å². The predicted molar refractivity (Wildman–Crippen MR) is 229 cm³/mol. The number of amides is 2. The van der Waals surface area contributed by atoms with Crippen molar-refractivity contribution in [2.24, 2.45) is 0 Å². The highest BCUT2D eigenvalue weighted by molar-refractivity contribution is 5.88. The monoisotopic (exact) mass is 941 g/mol. The van der Waals surface area contributed by atoms with Crippen LogP contribution in [0.3, 0.4) is 0 Å². The quantitative estimate of drug-likeness (QED) is 0.0348. The van der Waals surface area contributed by atoms with Gasteiger partial charge in [0.1, 0.15) is 85.1 Å². The van der Waals surface area contributed by atoms with Crippen molar-refractivity contribution in [3.63, 3.8) is 0 Å². The Morgan fingerprint density at radius 2 is 1.05 bits per heavy atom. The number of unbranched alkanes of at least 4 members (excludes halogenated alkanes) is 13. The van der Waals surface area contributed by atoms with Gasteiger partial charge < -0.3 is 90.1 Å². The zero-order chi connectivity index (χ0) is 47.9. The van der Waals surface area contributed by atoms with Gasteiger partial charge in [-0.3, -0.25) is 14.4 Å². The first-order valence-electron chi connectivity index (χ1n) is 23.8. The Hall–Kier alpha value is -2.03. The maximum absolute atomic E-state index is 13.3. The third-order valence-corrected chi connectivity index (χ3v) is 12.3. The van der Waals surface area contributed by atoms with E-state index in [4.69, 9.17) is 28.4 Å². The van der Waals surface area contributed by atoms with Crippen LogP contribution in [0.15, 0.2) is 0 Å². The summed E-state index contributed by atoms with van der Waals surface area (Å²) in [5, 5.41) is 109. The molecule has 0 saturated carbocycles. The van der Waals surface area contributed by atoms with Gasteiger partial charge in [-0.25, -0.2) is 0 Å². The molecular weight excluding hydrogens is 860 g/mol. The summed E-state index contributed by atoms with van der Waals surface area (Å²) in [5.74, 6) is -0.977. The molecule has 0 aromatic rings. The summed E-state index contributed by atoms with van der Waals surface area (Å²) in [6.07, 6.45) is -8.48. The lowest BCUT2D eigenvalue weighted by Gasteiger charge is -2.46. The Balaban J connectivity index is 1.55. The third kappa shape index (κ3) is 18.8. The van der Waals surface area contributed by atoms with Crippen LogP contribution < -0.4 is 10.6 Å². The average Bonchev–Trinajstić information content (AvgIpc) is 3.30. The van der Waals surface area contributed by atoms with E-state index in [1.165, 1.54) is 64.2 Å². The minimum absolute atomic E-state index is 0.0665. The fourth-order valence-electron chi connectivity index (χ4n) is 8.04. The third-order valence-electron chi connectivity index (χ3n) is 12.3. The van der Waals surface area contributed by atoms with E-state index in [1.807, 2.05) is 0 Å². The van der Waals surface area contributed by atoms with Gasteiger partial charge in [0.05, 0.1) is 26.4 Å². The molecule has 0 spiro atoms. The molecule has 0 aromatic heterocycles. The molecule has 0 radical (unpaired) electrons. The SMILES string of the molecule is CCCCCCCCCCCCCCCCC(=O)N[C@@H](CCC(=O)CC)C(=O)NCCO[C@H]1O[C@H](CO[C@H]2O[C@H](CO)[C@@H](O)[C@H](O)[C@@H]2O)[C@@H](O)[C@H](O[C@H]2O[C@H](CO)[C@@H](O)[C@H](O)[C@@H]2O)[C@@H]1O. The van der Waals surface area contributed by atoms with E-state index in [2.05, 4.69) is 17.6 Å². The van der Waals surface area contributed by atoms with E-state index in [1.54, 1.807) is 6.92 Å². The van der Waals surface area contributed by atoms with Crippen molar-refractivity contribution >= 4 is 17.6 Å². The summed E-state index contributed by atoms with van der Waals surface area (Å²) in [5.41, 5.74) is 0. The fraction of sp³-hybridized carbons (Fsp3) is 0.932. The van der Waals surface area contributed by atoms with E-state index in [9.17, 15) is 65.4 Å². The molecule has 0 bridgehead atoms. The molecular formula is C44H80N2O19. The number of carbonyl (C=O) groups excluding carboxylic acids is 3. The van der Waals surface area contributed by atoms with Gasteiger partial charge in [0.2, 0.25) is 11.8 Å². The van der Waals surface area contributed by atoms with Gasteiger partial charge >= 0.3 is 0 Å². The molecule has 16 atom stereocenters. The molecule has 3 aliphatic rings. The maximum Gasteiger partial charge on any atom is 0.242 e. The summed E-state index contributed by atoms with van der Waals surface area (Å²) < 4.78 is 33.6. The first kappa shape index (κ1) is 57.3. The standard InChI is InChI=1S/C44H80N2O19/c1-3-5-6-7-8-9-10-11-12-13-14-15-16-17-18-31(50)46-27(20-19-26(49)4-2)41(59)45-21-22-60-43-39(58)40(65-44-38(57)36(55)33(52)29(24-48)63-44)34(53)30(64-43)25-61-42-37(56)35(54)32(51)28(23-47)62-42/h27-30,32-40,42-44,47-48,51-58H,3-25H2,1-2H3,(H,45,59)(H,46,50)/t27-,28+,29+,30+,32+,33+,34+,35-,36-,37-,38-,39-,40-,42-,43-,44+/m0/s1. The van der Waals surface area contributed by atoms with Gasteiger partial charge in [0.25, 0.3) is 0 Å². The van der Waals surface area contributed by atoms with Gasteiger partial charge in [0, 0.05) is 25.8 Å². The molecule has 380 valence electrons. The van der Waals surface area contributed by atoms with Crippen LogP contribution in [-0.2, 0) is 42.8 Å². The number of carbonyl (C=O) groups is 3. The van der Waals surface area contributed by atoms with Crippen molar-refractivity contribution in [3.8, 4) is 0 Å². The molecule has 65 heavy (non-hydrogen) atoms. The molecule has 2 amide bonds. The van der Waals surface area contributed by atoms with Crippen LogP contribution in [0.4, 0.5) is 0 Å². The molecule has 3 saturated heterocycles. The molecule has 0 aliphatic carbocycles. The zero-order valence-corrected chi connectivity index (χ0v) is 38.1. The number of ether oxygens (including phenoxy) is 6. The number of Topliss-reactive ketones (excluding diaryl/α,β-unsaturated/α-hetero) is 1. The van der Waals surface area contributed by atoms with E-state index >= 15 is 0 Å². The smallest absolute Gasteiger partial charge is 0.242 e. The van der Waals surface area contributed by atoms with Crippen LogP contribution >= 0.6 is 0 Å². The second kappa shape index (κ2) is 31.2. The van der Waals surface area contributed by atoms with Crippen molar-refractivity contribution in [1.29, 1.82) is 0 Å². The molecule has 3 heterocycles. The fourth-order valence-corrected chi connectivity index (χ4v) is 8.04. The molecule has 0 aromatic carbocycles. The van der Waals surface area contributed by atoms with Crippen LogP contribution in [0.2, 0.25) is 0 Å². The van der Waals surface area contributed by atoms with Gasteiger partial charge in [-0.1, -0.05) is 97.3 Å². The number of aliphatic hydroxyl groups excluding tert-OH is 10. The lowest BCUT2D eigenvalue weighted by atomic mass is 9.96. The minimum Gasteiger partial charge on any atom is -0.394 e. The highest BCUT2D eigenvalue weighted by atomic mass is 16.7. The van der Waals surface area contributed by atoms with Crippen molar-refractivity contribution in [2.75, 3.05) is 33.0 Å². The Morgan fingerprint density at radius 1 is 0.554 bits per heavy atom. The topological polar surface area (TPSA) is 333 Å². The molecule has 21 nitrogen and oxygen atoms in total. The largest absolute Gasteiger partial charge is 0.394 e. The lowest BCUT2D eigenvalue weighted by Crippen LogP contribution is -2.65. The molecule has 12 N–H and O–H groups in total. The van der Waals surface area contributed by atoms with Crippen LogP contribution in [0.5, 0.6) is 0 Å². The Bertz CT molecular complexity index is 1330. The molecule has 21 heteroatoms. The summed E-state index contributed by atoms with van der Waals surface area (Å²) in [6.45, 7) is 1.21. The first-order valence-corrected chi connectivity index (χ1v) is 23.8. The number of rotatable bonds is 32. The summed E-state index contributed by atoms with van der Waals surface area (Å²) in [4.78, 5) is 38.4. The number of aliphatic hydroxyl groups is 10. The van der Waals surface area contributed by atoms with Crippen molar-refractivity contribution in [3.05, 3.63) is 0 Å². The number of ketones is 1. The molecule has 0 unspecified atom stereocenters. The van der Waals surface area contributed by atoms with Gasteiger partial charge in [-0.2, -0.15) is 0 Å². The van der Waals surface area contributed by atoms with Gasteiger partial charge in [0.15, 0.2) is 18.9 Å². The zero-order valence-electron chi connectivity index (χ0n) is 38.1. The number of hydrogen-bond acceptors (Lipinski definition) is 19. The maximum atomic E-state index is 13.3. The van der Waals surface area contributed by atoms with Crippen molar-refractivity contribution < 1.29 is 93.9 Å². The van der Waals surface area contributed by atoms with Crippen LogP contribution in [-0.4, -0.2) is 200 Å².